The van der Waals surface area contributed by atoms with Crippen LogP contribution in [-0.2, 0) is 21.7 Å². The first-order chi connectivity index (χ1) is 15.9. The standard InChI is InChI=1S/C21H21N7O4S/c1-21(15-6-4-3-5-7-15)18(30)28(19(31)22-21)24-17(29)13-33-20-23-25-26-27(20)12-14-8-10-16(32-2)11-9-14/h3-11H,12-13H2,1-2H3,(H,22,31)(H,24,29)/t21-/m1/s1. The molecule has 1 saturated heterocycles. The van der Waals surface area contributed by atoms with E-state index in [-0.39, 0.29) is 5.75 Å². The minimum absolute atomic E-state index is 0.0951. The van der Waals surface area contributed by atoms with E-state index in [0.29, 0.717) is 22.3 Å². The molecule has 11 nitrogen and oxygen atoms in total. The molecule has 0 bridgehead atoms. The minimum atomic E-state index is -1.26. The summed E-state index contributed by atoms with van der Waals surface area (Å²) in [5, 5.41) is 15.3. The van der Waals surface area contributed by atoms with Gasteiger partial charge in [0, 0.05) is 0 Å². The third kappa shape index (κ3) is 4.65. The lowest BCUT2D eigenvalue weighted by Gasteiger charge is -2.22. The minimum Gasteiger partial charge on any atom is -0.497 e. The molecule has 1 fully saturated rings. The highest BCUT2D eigenvalue weighted by atomic mass is 32.2. The Bertz CT molecular complexity index is 1170. The van der Waals surface area contributed by atoms with Crippen LogP contribution in [0.4, 0.5) is 4.79 Å². The Morgan fingerprint density at radius 2 is 1.88 bits per heavy atom. The number of nitrogens with one attached hydrogen (secondary N) is 2. The SMILES string of the molecule is COc1ccc(Cn2nnnc2SCC(=O)NN2C(=O)N[C@](C)(c3ccccc3)C2=O)cc1. The van der Waals surface area contributed by atoms with Crippen LogP contribution in [0, 0.1) is 0 Å². The molecule has 1 atom stereocenters. The molecular weight excluding hydrogens is 446 g/mol. The van der Waals surface area contributed by atoms with Crippen molar-refractivity contribution in [1.29, 1.82) is 0 Å². The van der Waals surface area contributed by atoms with Crippen LogP contribution in [0.15, 0.2) is 59.8 Å². The van der Waals surface area contributed by atoms with Crippen molar-refractivity contribution in [3.63, 3.8) is 0 Å². The van der Waals surface area contributed by atoms with E-state index in [0.717, 1.165) is 23.1 Å². The summed E-state index contributed by atoms with van der Waals surface area (Å²) in [5.74, 6) is -0.464. The zero-order valence-corrected chi connectivity index (χ0v) is 18.7. The Morgan fingerprint density at radius 3 is 2.58 bits per heavy atom. The summed E-state index contributed by atoms with van der Waals surface area (Å²) in [6, 6.07) is 15.6. The van der Waals surface area contributed by atoms with Crippen LogP contribution in [0.1, 0.15) is 18.1 Å². The zero-order valence-electron chi connectivity index (χ0n) is 17.9. The summed E-state index contributed by atoms with van der Waals surface area (Å²) in [6.45, 7) is 2.00. The largest absolute Gasteiger partial charge is 0.497 e. The first kappa shape index (κ1) is 22.3. The maximum Gasteiger partial charge on any atom is 0.344 e. The van der Waals surface area contributed by atoms with Gasteiger partial charge in [-0.1, -0.05) is 54.2 Å². The van der Waals surface area contributed by atoms with Crippen LogP contribution >= 0.6 is 11.8 Å². The van der Waals surface area contributed by atoms with E-state index in [9.17, 15) is 14.4 Å². The Morgan fingerprint density at radius 1 is 1.15 bits per heavy atom. The number of hydrogen-bond acceptors (Lipinski definition) is 8. The molecule has 2 heterocycles. The van der Waals surface area contributed by atoms with Gasteiger partial charge in [0.05, 0.1) is 19.4 Å². The highest BCUT2D eigenvalue weighted by molar-refractivity contribution is 7.99. The third-order valence-electron chi connectivity index (χ3n) is 5.10. The molecule has 2 aromatic carbocycles. The number of rotatable bonds is 8. The lowest BCUT2D eigenvalue weighted by Crippen LogP contribution is -2.48. The van der Waals surface area contributed by atoms with Crippen LogP contribution in [0.3, 0.4) is 0 Å². The number of amides is 4. The van der Waals surface area contributed by atoms with Gasteiger partial charge in [-0.3, -0.25) is 15.0 Å². The molecule has 0 radical (unpaired) electrons. The van der Waals surface area contributed by atoms with E-state index in [1.807, 2.05) is 30.3 Å². The molecular formula is C21H21N7O4S. The maximum atomic E-state index is 12.9. The predicted molar refractivity (Wildman–Crippen MR) is 118 cm³/mol. The number of tetrazole rings is 1. The van der Waals surface area contributed by atoms with Gasteiger partial charge in [-0.15, -0.1) is 5.10 Å². The lowest BCUT2D eigenvalue weighted by atomic mass is 9.92. The number of hydrazine groups is 1. The molecule has 3 aromatic rings. The second-order valence-corrected chi connectivity index (χ2v) is 8.30. The molecule has 0 unspecified atom stereocenters. The first-order valence-corrected chi connectivity index (χ1v) is 10.9. The second kappa shape index (κ2) is 9.28. The highest BCUT2D eigenvalue weighted by Gasteiger charge is 2.49. The van der Waals surface area contributed by atoms with Crippen LogP contribution in [0.2, 0.25) is 0 Å². The number of nitrogens with zero attached hydrogens (tertiary/aromatic N) is 5. The van der Waals surface area contributed by atoms with Crippen molar-refractivity contribution in [3.05, 3.63) is 65.7 Å². The number of hydrogen-bond donors (Lipinski definition) is 2. The molecule has 12 heteroatoms. The van der Waals surface area contributed by atoms with Crippen molar-refractivity contribution in [2.45, 2.75) is 24.2 Å². The summed E-state index contributed by atoms with van der Waals surface area (Å²) in [6.07, 6.45) is 0. The zero-order chi connectivity index (χ0) is 23.4. The molecule has 1 aliphatic rings. The number of methoxy groups -OCH3 is 1. The van der Waals surface area contributed by atoms with E-state index in [2.05, 4.69) is 26.3 Å². The highest BCUT2D eigenvalue weighted by Crippen LogP contribution is 2.27. The van der Waals surface area contributed by atoms with Gasteiger partial charge < -0.3 is 10.1 Å². The van der Waals surface area contributed by atoms with Crippen LogP contribution in [-0.4, -0.2) is 55.9 Å². The molecule has 1 aromatic heterocycles. The van der Waals surface area contributed by atoms with Gasteiger partial charge >= 0.3 is 6.03 Å². The number of thioether (sulfide) groups is 1. The fourth-order valence-corrected chi connectivity index (χ4v) is 3.97. The molecule has 1 aliphatic heterocycles. The van der Waals surface area contributed by atoms with Gasteiger partial charge in [-0.2, -0.15) is 5.01 Å². The molecule has 2 N–H and O–H groups in total. The lowest BCUT2D eigenvalue weighted by molar-refractivity contribution is -0.138. The summed E-state index contributed by atoms with van der Waals surface area (Å²) in [4.78, 5) is 37.7. The molecule has 0 spiro atoms. The van der Waals surface area contributed by atoms with Crippen LogP contribution < -0.4 is 15.5 Å². The summed E-state index contributed by atoms with van der Waals surface area (Å²) in [5.41, 5.74) is 2.68. The predicted octanol–water partition coefficient (Wildman–Crippen LogP) is 1.32. The van der Waals surface area contributed by atoms with Crippen molar-refractivity contribution in [2.24, 2.45) is 0 Å². The number of urea groups is 1. The summed E-state index contributed by atoms with van der Waals surface area (Å²) < 4.78 is 6.70. The first-order valence-electron chi connectivity index (χ1n) is 9.94. The quantitative estimate of drug-likeness (QED) is 0.375. The van der Waals surface area contributed by atoms with Gasteiger partial charge in [-0.25, -0.2) is 9.48 Å². The van der Waals surface area contributed by atoms with E-state index in [1.54, 1.807) is 43.0 Å². The number of imide groups is 1. The van der Waals surface area contributed by atoms with E-state index < -0.39 is 23.4 Å². The Hall–Kier alpha value is -3.93. The Balaban J connectivity index is 1.36. The number of ether oxygens (including phenoxy) is 1. The Labute approximate surface area is 193 Å². The molecule has 0 saturated carbocycles. The molecule has 4 rings (SSSR count). The van der Waals surface area contributed by atoms with E-state index in [1.165, 1.54) is 0 Å². The molecule has 170 valence electrons. The summed E-state index contributed by atoms with van der Waals surface area (Å²) >= 11 is 1.09. The van der Waals surface area contributed by atoms with Gasteiger partial charge in [0.15, 0.2) is 0 Å². The summed E-state index contributed by atoms with van der Waals surface area (Å²) in [7, 11) is 1.59. The van der Waals surface area contributed by atoms with E-state index in [4.69, 9.17) is 4.74 Å². The van der Waals surface area contributed by atoms with Gasteiger partial charge in [-0.05, 0) is 40.6 Å². The number of carbonyl (C=O) groups is 3. The van der Waals surface area contributed by atoms with Crippen molar-refractivity contribution < 1.29 is 19.1 Å². The number of carbonyl (C=O) groups excluding carboxylic acids is 3. The normalized spacial score (nSPS) is 17.7. The van der Waals surface area contributed by atoms with Gasteiger partial charge in [0.1, 0.15) is 11.3 Å². The second-order valence-electron chi connectivity index (χ2n) is 7.35. The average Bonchev–Trinajstić information content (AvgIpc) is 3.36. The molecule has 4 amide bonds. The third-order valence-corrected chi connectivity index (χ3v) is 6.06. The van der Waals surface area contributed by atoms with Crippen molar-refractivity contribution in [3.8, 4) is 5.75 Å². The number of benzene rings is 2. The van der Waals surface area contributed by atoms with Crippen LogP contribution in [0.5, 0.6) is 5.75 Å². The fourth-order valence-electron chi connectivity index (χ4n) is 3.30. The van der Waals surface area contributed by atoms with Gasteiger partial charge in [0.2, 0.25) is 11.1 Å². The number of aromatic nitrogens is 4. The molecule has 33 heavy (non-hydrogen) atoms. The van der Waals surface area contributed by atoms with Crippen LogP contribution in [0.25, 0.3) is 0 Å². The van der Waals surface area contributed by atoms with Crippen molar-refractivity contribution in [2.75, 3.05) is 12.9 Å². The molecule has 0 aliphatic carbocycles. The fraction of sp³-hybridized carbons (Fsp3) is 0.238. The Kier molecular flexibility index (Phi) is 6.27. The smallest absolute Gasteiger partial charge is 0.344 e. The monoisotopic (exact) mass is 467 g/mol. The van der Waals surface area contributed by atoms with Crippen molar-refractivity contribution in [1.82, 2.24) is 36.0 Å². The topological polar surface area (TPSA) is 131 Å². The average molecular weight is 468 g/mol. The maximum absolute atomic E-state index is 12.9. The van der Waals surface area contributed by atoms with Crippen molar-refractivity contribution >= 4 is 29.6 Å². The van der Waals surface area contributed by atoms with Gasteiger partial charge in [0.25, 0.3) is 5.91 Å². The van der Waals surface area contributed by atoms with E-state index >= 15 is 0 Å².